The molecule has 0 aliphatic carbocycles. The van der Waals surface area contributed by atoms with Gasteiger partial charge in [-0.3, -0.25) is 4.79 Å². The maximum absolute atomic E-state index is 13.8. The van der Waals surface area contributed by atoms with Crippen LogP contribution in [0.15, 0.2) is 30.5 Å². The summed E-state index contributed by atoms with van der Waals surface area (Å²) in [5.41, 5.74) is 0.447. The second-order valence-electron chi connectivity index (χ2n) is 6.00. The average Bonchev–Trinajstić information content (AvgIpc) is 3.04. The monoisotopic (exact) mass is 333 g/mol. The van der Waals surface area contributed by atoms with Crippen LogP contribution in [0.4, 0.5) is 4.39 Å². The van der Waals surface area contributed by atoms with E-state index in [2.05, 4.69) is 24.0 Å². The van der Waals surface area contributed by atoms with Crippen LogP contribution in [0.25, 0.3) is 10.6 Å². The fraction of sp³-hybridized carbons (Fsp3) is 0.412. The molecular formula is C17H20FN3OS. The molecule has 4 nitrogen and oxygen atoms in total. The number of carbonyl (C=O) groups excluding carboxylic acids is 1. The number of aromatic nitrogens is 1. The largest absolute Gasteiger partial charge is 0.338 e. The Morgan fingerprint density at radius 1 is 1.30 bits per heavy atom. The lowest BCUT2D eigenvalue weighted by Gasteiger charge is -2.34. The maximum atomic E-state index is 13.8. The maximum Gasteiger partial charge on any atom is 0.265 e. The Bertz CT molecular complexity index is 693. The van der Waals surface area contributed by atoms with Crippen molar-refractivity contribution < 1.29 is 9.18 Å². The molecule has 0 unspecified atom stereocenters. The smallest absolute Gasteiger partial charge is 0.265 e. The third kappa shape index (κ3) is 3.43. The van der Waals surface area contributed by atoms with Crippen LogP contribution in [0.2, 0.25) is 0 Å². The fourth-order valence-corrected chi connectivity index (χ4v) is 3.78. The number of nitrogens with zero attached hydrogens (tertiary/aromatic N) is 3. The van der Waals surface area contributed by atoms with Gasteiger partial charge in [-0.1, -0.05) is 12.1 Å². The highest BCUT2D eigenvalue weighted by Crippen LogP contribution is 2.28. The minimum absolute atomic E-state index is 0.00213. The Balaban J connectivity index is 1.71. The quantitative estimate of drug-likeness (QED) is 0.866. The Morgan fingerprint density at radius 2 is 2.00 bits per heavy atom. The molecule has 1 aromatic heterocycles. The molecule has 0 atom stereocenters. The summed E-state index contributed by atoms with van der Waals surface area (Å²) in [6.45, 7) is 1.52. The van der Waals surface area contributed by atoms with E-state index >= 15 is 0 Å². The van der Waals surface area contributed by atoms with Crippen LogP contribution in [0.5, 0.6) is 0 Å². The number of carbonyl (C=O) groups is 1. The number of hydrogen-bond donors (Lipinski definition) is 0. The van der Waals surface area contributed by atoms with Crippen molar-refractivity contribution in [2.45, 2.75) is 18.9 Å². The van der Waals surface area contributed by atoms with Crippen molar-refractivity contribution in [1.82, 2.24) is 14.8 Å². The molecule has 3 rings (SSSR count). The van der Waals surface area contributed by atoms with Gasteiger partial charge in [0.05, 0.1) is 6.20 Å². The Morgan fingerprint density at radius 3 is 2.65 bits per heavy atom. The van der Waals surface area contributed by atoms with Gasteiger partial charge in [0.15, 0.2) is 0 Å². The second-order valence-corrected chi connectivity index (χ2v) is 7.03. The van der Waals surface area contributed by atoms with Crippen molar-refractivity contribution >= 4 is 17.2 Å². The van der Waals surface area contributed by atoms with Crippen molar-refractivity contribution in [2.24, 2.45) is 0 Å². The molecule has 2 aromatic rings. The third-order valence-electron chi connectivity index (χ3n) is 4.30. The predicted molar refractivity (Wildman–Crippen MR) is 90.1 cm³/mol. The summed E-state index contributed by atoms with van der Waals surface area (Å²) < 4.78 is 13.8. The molecule has 1 saturated heterocycles. The first-order valence-electron chi connectivity index (χ1n) is 7.72. The number of amides is 1. The second kappa shape index (κ2) is 6.76. The third-order valence-corrected chi connectivity index (χ3v) is 5.32. The Labute approximate surface area is 139 Å². The number of likely N-dealkylation sites (tertiary alicyclic amines) is 1. The molecule has 0 radical (unpaired) electrons. The normalized spacial score (nSPS) is 16.1. The van der Waals surface area contributed by atoms with E-state index in [0.717, 1.165) is 25.9 Å². The molecule has 122 valence electrons. The Hall–Kier alpha value is -1.79. The summed E-state index contributed by atoms with van der Waals surface area (Å²) >= 11 is 1.26. The van der Waals surface area contributed by atoms with Gasteiger partial charge in [-0.15, -0.1) is 11.3 Å². The van der Waals surface area contributed by atoms with Crippen molar-refractivity contribution in [3.63, 3.8) is 0 Å². The molecule has 1 aromatic carbocycles. The van der Waals surface area contributed by atoms with Gasteiger partial charge >= 0.3 is 0 Å². The van der Waals surface area contributed by atoms with Crippen LogP contribution >= 0.6 is 11.3 Å². The SMILES string of the molecule is CN(C)C1CCN(C(=O)c2cnc(-c3ccccc3F)s2)CC1. The number of halogens is 1. The average molecular weight is 333 g/mol. The topological polar surface area (TPSA) is 36.4 Å². The molecule has 23 heavy (non-hydrogen) atoms. The van der Waals surface area contributed by atoms with Gasteiger partial charge in [0, 0.05) is 24.7 Å². The zero-order valence-electron chi connectivity index (χ0n) is 13.3. The molecule has 1 fully saturated rings. The van der Waals surface area contributed by atoms with Crippen LogP contribution in [0.1, 0.15) is 22.5 Å². The van der Waals surface area contributed by atoms with E-state index in [9.17, 15) is 9.18 Å². The first kappa shape index (κ1) is 16.1. The first-order valence-corrected chi connectivity index (χ1v) is 8.54. The highest BCUT2D eigenvalue weighted by molar-refractivity contribution is 7.16. The summed E-state index contributed by atoms with van der Waals surface area (Å²) in [4.78, 5) is 21.5. The van der Waals surface area contributed by atoms with Gasteiger partial charge in [0.1, 0.15) is 15.7 Å². The number of benzene rings is 1. The van der Waals surface area contributed by atoms with Crippen molar-refractivity contribution in [3.8, 4) is 10.6 Å². The Kier molecular flexibility index (Phi) is 4.73. The van der Waals surface area contributed by atoms with Crippen LogP contribution in [-0.4, -0.2) is 53.9 Å². The summed E-state index contributed by atoms with van der Waals surface area (Å²) in [7, 11) is 4.15. The lowest BCUT2D eigenvalue weighted by Crippen LogP contribution is -2.44. The summed E-state index contributed by atoms with van der Waals surface area (Å²) in [6.07, 6.45) is 3.53. The van der Waals surface area contributed by atoms with Gasteiger partial charge < -0.3 is 9.80 Å². The predicted octanol–water partition coefficient (Wildman–Crippen LogP) is 3.12. The van der Waals surface area contributed by atoms with Crippen LogP contribution in [0, 0.1) is 5.82 Å². The lowest BCUT2D eigenvalue weighted by atomic mass is 10.0. The van der Waals surface area contributed by atoms with Gasteiger partial charge in [-0.2, -0.15) is 0 Å². The molecule has 1 aliphatic rings. The molecule has 1 aliphatic heterocycles. The van der Waals surface area contributed by atoms with Crippen molar-refractivity contribution in [3.05, 3.63) is 41.2 Å². The molecule has 0 N–H and O–H groups in total. The van der Waals surface area contributed by atoms with E-state index in [-0.39, 0.29) is 11.7 Å². The lowest BCUT2D eigenvalue weighted by molar-refractivity contribution is 0.0668. The summed E-state index contributed by atoms with van der Waals surface area (Å²) in [5, 5.41) is 0.551. The molecule has 0 bridgehead atoms. The van der Waals surface area contributed by atoms with Gasteiger partial charge in [-0.05, 0) is 39.1 Å². The van der Waals surface area contributed by atoms with E-state index < -0.39 is 0 Å². The van der Waals surface area contributed by atoms with E-state index in [1.165, 1.54) is 17.4 Å². The summed E-state index contributed by atoms with van der Waals surface area (Å²) in [5.74, 6) is -0.310. The molecule has 1 amide bonds. The first-order chi connectivity index (χ1) is 11.1. The molecule has 0 spiro atoms. The van der Waals surface area contributed by atoms with Gasteiger partial charge in [0.2, 0.25) is 0 Å². The number of thiazole rings is 1. The molecule has 2 heterocycles. The van der Waals surface area contributed by atoms with E-state index in [1.54, 1.807) is 24.4 Å². The number of hydrogen-bond acceptors (Lipinski definition) is 4. The van der Waals surface area contributed by atoms with Crippen molar-refractivity contribution in [1.29, 1.82) is 0 Å². The van der Waals surface area contributed by atoms with Crippen molar-refractivity contribution in [2.75, 3.05) is 27.2 Å². The standard InChI is InChI=1S/C17H20FN3OS/c1-20(2)12-7-9-21(10-8-12)17(22)15-11-19-16(23-15)13-5-3-4-6-14(13)18/h3-6,11-12H,7-10H2,1-2H3. The van der Waals surface area contributed by atoms with Crippen LogP contribution in [-0.2, 0) is 0 Å². The summed E-state index contributed by atoms with van der Waals surface area (Å²) in [6, 6.07) is 7.05. The molecular weight excluding hydrogens is 313 g/mol. The van der Waals surface area contributed by atoms with Gasteiger partial charge in [-0.25, -0.2) is 9.37 Å². The van der Waals surface area contributed by atoms with Crippen LogP contribution < -0.4 is 0 Å². The van der Waals surface area contributed by atoms with Gasteiger partial charge in [0.25, 0.3) is 5.91 Å². The fourth-order valence-electron chi connectivity index (χ4n) is 2.87. The number of rotatable bonds is 3. The number of piperidine rings is 1. The van der Waals surface area contributed by atoms with Crippen LogP contribution in [0.3, 0.4) is 0 Å². The zero-order valence-corrected chi connectivity index (χ0v) is 14.1. The van der Waals surface area contributed by atoms with E-state index in [0.29, 0.717) is 21.5 Å². The zero-order chi connectivity index (χ0) is 16.4. The molecule has 0 saturated carbocycles. The van der Waals surface area contributed by atoms with E-state index in [1.807, 2.05) is 4.90 Å². The van der Waals surface area contributed by atoms with E-state index in [4.69, 9.17) is 0 Å². The highest BCUT2D eigenvalue weighted by atomic mass is 32.1. The minimum Gasteiger partial charge on any atom is -0.338 e. The highest BCUT2D eigenvalue weighted by Gasteiger charge is 2.26. The minimum atomic E-state index is -0.312. The molecule has 6 heteroatoms.